The predicted molar refractivity (Wildman–Crippen MR) is 124 cm³/mol. The summed E-state index contributed by atoms with van der Waals surface area (Å²) in [6, 6.07) is 9.39. The van der Waals surface area contributed by atoms with E-state index in [1.165, 1.54) is 18.4 Å². The fourth-order valence-electron chi connectivity index (χ4n) is 5.54. The third-order valence-corrected chi connectivity index (χ3v) is 7.24. The highest BCUT2D eigenvalue weighted by molar-refractivity contribution is 5.74. The number of carbonyl (C=O) groups is 1. The van der Waals surface area contributed by atoms with Crippen molar-refractivity contribution in [3.05, 3.63) is 35.4 Å². The van der Waals surface area contributed by atoms with Crippen molar-refractivity contribution in [2.24, 2.45) is 0 Å². The van der Waals surface area contributed by atoms with Crippen molar-refractivity contribution in [1.29, 1.82) is 0 Å². The molecule has 5 heteroatoms. The number of aliphatic hydroxyl groups excluding tert-OH is 1. The standard InChI is InChI=1S/C26H37N3O2/c1-2-3-4-9-20-12-14-21(15-13-20)25-23-18-28(26(31)27-22-10-5-6-11-22)16-7-8-17-29(23)24(25)19-30/h12-15,22-25,30H,2-3,5-8,10-11,16-19H2,1H3,(H,27,31)/t23-,24+,25+/m1/s1. The number of unbranched alkanes of at least 4 members (excludes halogenated alkanes) is 1. The normalized spacial score (nSPS) is 26.8. The van der Waals surface area contributed by atoms with Crippen LogP contribution in [0.5, 0.6) is 0 Å². The third-order valence-electron chi connectivity index (χ3n) is 7.24. The molecule has 3 atom stereocenters. The Hall–Kier alpha value is -2.03. The molecule has 2 amide bonds. The molecule has 2 saturated heterocycles. The van der Waals surface area contributed by atoms with E-state index in [-0.39, 0.29) is 30.6 Å². The number of rotatable bonds is 4. The fraction of sp³-hybridized carbons (Fsp3) is 0.654. The van der Waals surface area contributed by atoms with Gasteiger partial charge in [0.15, 0.2) is 0 Å². The number of aliphatic hydroxyl groups is 1. The lowest BCUT2D eigenvalue weighted by Gasteiger charge is -2.57. The lowest BCUT2D eigenvalue weighted by molar-refractivity contribution is -0.0591. The molecule has 168 valence electrons. The Morgan fingerprint density at radius 3 is 2.58 bits per heavy atom. The van der Waals surface area contributed by atoms with Gasteiger partial charge in [0.1, 0.15) is 0 Å². The number of nitrogens with zero attached hydrogens (tertiary/aromatic N) is 2. The molecule has 3 aliphatic rings. The van der Waals surface area contributed by atoms with E-state index in [0.29, 0.717) is 6.04 Å². The third kappa shape index (κ3) is 5.07. The monoisotopic (exact) mass is 423 g/mol. The molecule has 0 aromatic heterocycles. The Morgan fingerprint density at radius 2 is 1.87 bits per heavy atom. The van der Waals surface area contributed by atoms with Crippen molar-refractivity contribution in [2.45, 2.75) is 82.3 Å². The minimum absolute atomic E-state index is 0.0986. The average molecular weight is 424 g/mol. The molecule has 0 spiro atoms. The first kappa shape index (κ1) is 22.2. The Bertz CT molecular complexity index is 791. The van der Waals surface area contributed by atoms with Crippen LogP contribution in [0.1, 0.15) is 75.3 Å². The molecule has 3 fully saturated rings. The molecule has 0 unspecified atom stereocenters. The number of amides is 2. The van der Waals surface area contributed by atoms with Gasteiger partial charge in [-0.25, -0.2) is 4.79 Å². The molecule has 0 radical (unpaired) electrons. The summed E-state index contributed by atoms with van der Waals surface area (Å²) in [6.45, 7) is 4.86. The largest absolute Gasteiger partial charge is 0.395 e. The van der Waals surface area contributed by atoms with E-state index in [2.05, 4.69) is 53.2 Å². The van der Waals surface area contributed by atoms with Crippen LogP contribution in [0.4, 0.5) is 4.79 Å². The SMILES string of the molecule is CCCC#Cc1ccc([C@H]2[C@H]3CN(C(=O)NC4CCCC4)CCCCN3[C@H]2CO)cc1. The number of carbonyl (C=O) groups excluding carboxylic acids is 1. The van der Waals surface area contributed by atoms with Gasteiger partial charge in [-0.05, 0) is 56.3 Å². The second kappa shape index (κ2) is 10.5. The fourth-order valence-corrected chi connectivity index (χ4v) is 5.54. The quantitative estimate of drug-likeness (QED) is 0.726. The summed E-state index contributed by atoms with van der Waals surface area (Å²) in [5, 5.41) is 13.4. The summed E-state index contributed by atoms with van der Waals surface area (Å²) in [4.78, 5) is 17.4. The number of hydrogen-bond donors (Lipinski definition) is 2. The Kier molecular flexibility index (Phi) is 7.53. The smallest absolute Gasteiger partial charge is 0.317 e. The van der Waals surface area contributed by atoms with Crippen molar-refractivity contribution in [2.75, 3.05) is 26.2 Å². The topological polar surface area (TPSA) is 55.8 Å². The van der Waals surface area contributed by atoms with Crippen molar-refractivity contribution >= 4 is 6.03 Å². The second-order valence-corrected chi connectivity index (χ2v) is 9.34. The van der Waals surface area contributed by atoms with Gasteiger partial charge in [0.05, 0.1) is 6.61 Å². The summed E-state index contributed by atoms with van der Waals surface area (Å²) in [5.74, 6) is 6.69. The van der Waals surface area contributed by atoms with E-state index in [4.69, 9.17) is 0 Å². The van der Waals surface area contributed by atoms with Crippen LogP contribution in [-0.2, 0) is 0 Å². The predicted octanol–water partition coefficient (Wildman–Crippen LogP) is 3.71. The molecule has 4 rings (SSSR count). The number of urea groups is 1. The average Bonchev–Trinajstić information content (AvgIpc) is 3.27. The molecule has 2 N–H and O–H groups in total. The molecule has 31 heavy (non-hydrogen) atoms. The van der Waals surface area contributed by atoms with E-state index >= 15 is 0 Å². The molecule has 0 bridgehead atoms. The second-order valence-electron chi connectivity index (χ2n) is 9.34. The van der Waals surface area contributed by atoms with Gasteiger partial charge >= 0.3 is 6.03 Å². The first-order valence-corrected chi connectivity index (χ1v) is 12.2. The maximum absolute atomic E-state index is 13.0. The molecule has 1 aromatic rings. The van der Waals surface area contributed by atoms with Crippen LogP contribution in [0.3, 0.4) is 0 Å². The van der Waals surface area contributed by atoms with Crippen LogP contribution in [0, 0.1) is 11.8 Å². The molecule has 2 heterocycles. The minimum Gasteiger partial charge on any atom is -0.395 e. The molecular formula is C26H37N3O2. The number of nitrogens with one attached hydrogen (secondary N) is 1. The zero-order chi connectivity index (χ0) is 21.6. The number of benzene rings is 1. The van der Waals surface area contributed by atoms with Gasteiger partial charge in [-0.3, -0.25) is 4.90 Å². The molecule has 2 aliphatic heterocycles. The first-order valence-electron chi connectivity index (χ1n) is 12.2. The molecule has 5 nitrogen and oxygen atoms in total. The van der Waals surface area contributed by atoms with Crippen LogP contribution < -0.4 is 5.32 Å². The summed E-state index contributed by atoms with van der Waals surface area (Å²) in [6.07, 6.45) is 8.76. The zero-order valence-electron chi connectivity index (χ0n) is 18.9. The number of hydrogen-bond acceptors (Lipinski definition) is 3. The van der Waals surface area contributed by atoms with E-state index in [0.717, 1.165) is 63.7 Å². The highest BCUT2D eigenvalue weighted by atomic mass is 16.3. The summed E-state index contributed by atoms with van der Waals surface area (Å²) in [7, 11) is 0. The first-order chi connectivity index (χ1) is 15.2. The molecule has 1 aliphatic carbocycles. The van der Waals surface area contributed by atoms with Crippen LogP contribution in [0.2, 0.25) is 0 Å². The highest BCUT2D eigenvalue weighted by Gasteiger charge is 2.49. The van der Waals surface area contributed by atoms with E-state index < -0.39 is 0 Å². The molecular weight excluding hydrogens is 386 g/mol. The summed E-state index contributed by atoms with van der Waals surface area (Å²) >= 11 is 0. The highest BCUT2D eigenvalue weighted by Crippen LogP contribution is 2.42. The van der Waals surface area contributed by atoms with Gasteiger partial charge in [0.2, 0.25) is 0 Å². The van der Waals surface area contributed by atoms with Gasteiger partial charge in [-0.1, -0.05) is 43.7 Å². The minimum atomic E-state index is 0.0986. The molecule has 1 saturated carbocycles. The maximum Gasteiger partial charge on any atom is 0.317 e. The maximum atomic E-state index is 13.0. The van der Waals surface area contributed by atoms with E-state index in [9.17, 15) is 9.90 Å². The Labute approximate surface area is 187 Å². The van der Waals surface area contributed by atoms with Crippen LogP contribution in [0.25, 0.3) is 0 Å². The van der Waals surface area contributed by atoms with Gasteiger partial charge in [0, 0.05) is 49.1 Å². The number of fused-ring (bicyclic) bond motifs is 1. The van der Waals surface area contributed by atoms with Crippen LogP contribution in [0.15, 0.2) is 24.3 Å². The van der Waals surface area contributed by atoms with Crippen molar-refractivity contribution in [3.8, 4) is 11.8 Å². The summed E-state index contributed by atoms with van der Waals surface area (Å²) < 4.78 is 0. The van der Waals surface area contributed by atoms with E-state index in [1.54, 1.807) is 0 Å². The van der Waals surface area contributed by atoms with Gasteiger partial charge < -0.3 is 15.3 Å². The van der Waals surface area contributed by atoms with Crippen molar-refractivity contribution in [3.63, 3.8) is 0 Å². The van der Waals surface area contributed by atoms with Crippen molar-refractivity contribution < 1.29 is 9.90 Å². The van der Waals surface area contributed by atoms with E-state index in [1.807, 2.05) is 4.90 Å². The van der Waals surface area contributed by atoms with Crippen LogP contribution >= 0.6 is 0 Å². The Morgan fingerprint density at radius 1 is 1.13 bits per heavy atom. The van der Waals surface area contributed by atoms with Gasteiger partial charge in [-0.2, -0.15) is 0 Å². The molecule has 1 aromatic carbocycles. The Balaban J connectivity index is 1.47. The van der Waals surface area contributed by atoms with Crippen LogP contribution in [-0.4, -0.2) is 65.3 Å². The lowest BCUT2D eigenvalue weighted by Crippen LogP contribution is -2.68. The van der Waals surface area contributed by atoms with Gasteiger partial charge in [-0.15, -0.1) is 0 Å². The zero-order valence-corrected chi connectivity index (χ0v) is 18.9. The lowest BCUT2D eigenvalue weighted by atomic mass is 9.74. The van der Waals surface area contributed by atoms with Crippen molar-refractivity contribution in [1.82, 2.24) is 15.1 Å². The summed E-state index contributed by atoms with van der Waals surface area (Å²) in [5.41, 5.74) is 2.29. The van der Waals surface area contributed by atoms with Gasteiger partial charge in [0.25, 0.3) is 0 Å².